The van der Waals surface area contributed by atoms with Gasteiger partial charge in [-0.05, 0) is 60.4 Å². The minimum Gasteiger partial charge on any atom is -0.256 e. The predicted octanol–water partition coefficient (Wildman–Crippen LogP) is 6.83. The van der Waals surface area contributed by atoms with Crippen molar-refractivity contribution in [3.05, 3.63) is 89.1 Å². The fourth-order valence-corrected chi connectivity index (χ4v) is 3.39. The lowest BCUT2D eigenvalue weighted by Gasteiger charge is -2.06. The molecule has 1 nitrogen and oxygen atoms in total. The van der Waals surface area contributed by atoms with Gasteiger partial charge in [0, 0.05) is 11.8 Å². The molecule has 0 saturated heterocycles. The Kier molecular flexibility index (Phi) is 7.21. The van der Waals surface area contributed by atoms with E-state index in [4.69, 9.17) is 0 Å². The third kappa shape index (κ3) is 5.79. The van der Waals surface area contributed by atoms with E-state index in [0.717, 1.165) is 25.0 Å². The normalized spacial score (nSPS) is 10.9. The molecule has 0 aliphatic heterocycles. The second kappa shape index (κ2) is 10.1. The van der Waals surface area contributed by atoms with Crippen LogP contribution in [0, 0.1) is 0 Å². The van der Waals surface area contributed by atoms with Gasteiger partial charge in [0.25, 0.3) is 0 Å². The fourth-order valence-electron chi connectivity index (χ4n) is 3.39. The van der Waals surface area contributed by atoms with Crippen LogP contribution in [0.2, 0.25) is 0 Å². The Morgan fingerprint density at radius 1 is 0.593 bits per heavy atom. The van der Waals surface area contributed by atoms with Crippen LogP contribution >= 0.6 is 0 Å². The van der Waals surface area contributed by atoms with E-state index >= 15 is 0 Å². The Hall–Kier alpha value is -2.41. The largest absolute Gasteiger partial charge is 0.256 e. The highest BCUT2D eigenvalue weighted by Gasteiger charge is 2.01. The number of unbranched alkanes of at least 4 members (excludes halogenated alkanes) is 2. The zero-order valence-corrected chi connectivity index (χ0v) is 16.7. The van der Waals surface area contributed by atoms with Crippen molar-refractivity contribution in [2.24, 2.45) is 0 Å². The van der Waals surface area contributed by atoms with Crippen LogP contribution in [0.25, 0.3) is 11.3 Å². The summed E-state index contributed by atoms with van der Waals surface area (Å²) in [7, 11) is 0. The molecule has 2 aromatic carbocycles. The first kappa shape index (κ1) is 19.4. The third-order valence-corrected chi connectivity index (χ3v) is 5.28. The lowest BCUT2D eigenvalue weighted by Crippen LogP contribution is -1.93. The van der Waals surface area contributed by atoms with Crippen molar-refractivity contribution in [2.45, 2.75) is 58.8 Å². The molecule has 0 spiro atoms. The van der Waals surface area contributed by atoms with Gasteiger partial charge in [-0.25, -0.2) is 0 Å². The molecule has 0 radical (unpaired) electrons. The highest BCUT2D eigenvalue weighted by atomic mass is 14.7. The molecule has 1 aromatic heterocycles. The molecule has 140 valence electrons. The summed E-state index contributed by atoms with van der Waals surface area (Å²) in [5, 5.41) is 0. The van der Waals surface area contributed by atoms with Crippen LogP contribution in [0.15, 0.2) is 66.9 Å². The molecule has 0 aliphatic rings. The van der Waals surface area contributed by atoms with Crippen LogP contribution in [0.3, 0.4) is 0 Å². The van der Waals surface area contributed by atoms with Crippen molar-refractivity contribution in [2.75, 3.05) is 0 Å². The first-order chi connectivity index (χ1) is 13.3. The molecule has 0 unspecified atom stereocenters. The predicted molar refractivity (Wildman–Crippen MR) is 116 cm³/mol. The topological polar surface area (TPSA) is 12.9 Å². The summed E-state index contributed by atoms with van der Waals surface area (Å²) < 4.78 is 0. The number of aromatic nitrogens is 1. The van der Waals surface area contributed by atoms with E-state index in [2.05, 4.69) is 79.5 Å². The van der Waals surface area contributed by atoms with Crippen molar-refractivity contribution in [3.63, 3.8) is 0 Å². The Morgan fingerprint density at radius 3 is 1.67 bits per heavy atom. The Labute approximate surface area is 164 Å². The van der Waals surface area contributed by atoms with Gasteiger partial charge in [0.1, 0.15) is 0 Å². The SMILES string of the molecule is CCCCCc1ccc(CCc2ccc(-c3ccc(CC)cn3)cc2)cc1. The van der Waals surface area contributed by atoms with Gasteiger partial charge < -0.3 is 0 Å². The molecular weight excluding hydrogens is 326 g/mol. The first-order valence-corrected chi connectivity index (χ1v) is 10.4. The fraction of sp³-hybridized carbons (Fsp3) is 0.346. The number of hydrogen-bond donors (Lipinski definition) is 0. The first-order valence-electron chi connectivity index (χ1n) is 10.4. The molecule has 0 fully saturated rings. The summed E-state index contributed by atoms with van der Waals surface area (Å²) in [5.74, 6) is 0. The Bertz CT molecular complexity index is 798. The standard InChI is InChI=1S/C26H31N/c1-3-5-6-7-22-8-10-23(11-9-22)12-13-24-14-17-25(18-15-24)26-19-16-21(4-2)20-27-26/h8-11,14-20H,3-7,12-13H2,1-2H3. The number of nitrogens with zero attached hydrogens (tertiary/aromatic N) is 1. The average molecular weight is 358 g/mol. The summed E-state index contributed by atoms with van der Waals surface area (Å²) in [6, 6.07) is 22.4. The quantitative estimate of drug-likeness (QED) is 0.382. The van der Waals surface area contributed by atoms with Gasteiger partial charge in [-0.3, -0.25) is 4.98 Å². The van der Waals surface area contributed by atoms with Crippen molar-refractivity contribution in [3.8, 4) is 11.3 Å². The van der Waals surface area contributed by atoms with Gasteiger partial charge in [-0.2, -0.15) is 0 Å². The summed E-state index contributed by atoms with van der Waals surface area (Å²) in [6.07, 6.45) is 10.3. The molecule has 0 atom stereocenters. The van der Waals surface area contributed by atoms with E-state index in [0.29, 0.717) is 0 Å². The zero-order valence-electron chi connectivity index (χ0n) is 16.7. The van der Waals surface area contributed by atoms with Crippen molar-refractivity contribution in [1.29, 1.82) is 0 Å². The molecule has 3 aromatic rings. The molecule has 0 aliphatic carbocycles. The van der Waals surface area contributed by atoms with Crippen LogP contribution in [0.5, 0.6) is 0 Å². The van der Waals surface area contributed by atoms with Crippen LogP contribution < -0.4 is 0 Å². The molecule has 0 N–H and O–H groups in total. The van der Waals surface area contributed by atoms with Crippen LogP contribution in [-0.4, -0.2) is 4.98 Å². The van der Waals surface area contributed by atoms with Gasteiger partial charge in [0.15, 0.2) is 0 Å². The summed E-state index contributed by atoms with van der Waals surface area (Å²) >= 11 is 0. The number of rotatable bonds is 9. The van der Waals surface area contributed by atoms with E-state index in [1.807, 2.05) is 6.20 Å². The van der Waals surface area contributed by atoms with E-state index in [1.54, 1.807) is 0 Å². The minimum absolute atomic E-state index is 1.03. The van der Waals surface area contributed by atoms with E-state index in [9.17, 15) is 0 Å². The summed E-state index contributed by atoms with van der Waals surface area (Å²) in [4.78, 5) is 4.58. The van der Waals surface area contributed by atoms with Crippen molar-refractivity contribution in [1.82, 2.24) is 4.98 Å². The van der Waals surface area contributed by atoms with Crippen LogP contribution in [0.1, 0.15) is 55.4 Å². The van der Waals surface area contributed by atoms with E-state index in [-0.39, 0.29) is 0 Å². The average Bonchev–Trinajstić information content (AvgIpc) is 2.74. The lowest BCUT2D eigenvalue weighted by molar-refractivity contribution is 0.717. The maximum atomic E-state index is 4.58. The molecule has 0 bridgehead atoms. The van der Waals surface area contributed by atoms with Gasteiger partial charge in [0.05, 0.1) is 5.69 Å². The third-order valence-electron chi connectivity index (χ3n) is 5.28. The van der Waals surface area contributed by atoms with Gasteiger partial charge in [0.2, 0.25) is 0 Å². The molecule has 27 heavy (non-hydrogen) atoms. The minimum atomic E-state index is 1.03. The molecule has 0 saturated carbocycles. The van der Waals surface area contributed by atoms with Crippen LogP contribution in [0.4, 0.5) is 0 Å². The highest BCUT2D eigenvalue weighted by molar-refractivity contribution is 5.59. The van der Waals surface area contributed by atoms with Gasteiger partial charge in [-0.1, -0.05) is 81.3 Å². The van der Waals surface area contributed by atoms with Crippen molar-refractivity contribution >= 4 is 0 Å². The molecule has 1 heteroatoms. The maximum absolute atomic E-state index is 4.58. The summed E-state index contributed by atoms with van der Waals surface area (Å²) in [5.41, 5.74) is 7.81. The van der Waals surface area contributed by atoms with Crippen molar-refractivity contribution < 1.29 is 0 Å². The van der Waals surface area contributed by atoms with E-state index < -0.39 is 0 Å². The molecular formula is C26H31N. The summed E-state index contributed by atoms with van der Waals surface area (Å²) in [6.45, 7) is 4.42. The molecule has 3 rings (SSSR count). The van der Waals surface area contributed by atoms with Crippen LogP contribution in [-0.2, 0) is 25.7 Å². The highest BCUT2D eigenvalue weighted by Crippen LogP contribution is 2.19. The molecule has 1 heterocycles. The zero-order chi connectivity index (χ0) is 18.9. The maximum Gasteiger partial charge on any atom is 0.0702 e. The van der Waals surface area contributed by atoms with Gasteiger partial charge >= 0.3 is 0 Å². The second-order valence-electron chi connectivity index (χ2n) is 7.38. The number of hydrogen-bond acceptors (Lipinski definition) is 1. The Balaban J connectivity index is 1.53. The van der Waals surface area contributed by atoms with Gasteiger partial charge in [-0.15, -0.1) is 0 Å². The smallest absolute Gasteiger partial charge is 0.0702 e. The Morgan fingerprint density at radius 2 is 1.15 bits per heavy atom. The number of pyridine rings is 1. The molecule has 0 amide bonds. The number of benzene rings is 2. The lowest BCUT2D eigenvalue weighted by atomic mass is 10.00. The second-order valence-corrected chi connectivity index (χ2v) is 7.38. The number of aryl methyl sites for hydroxylation is 4. The monoisotopic (exact) mass is 357 g/mol. The van der Waals surface area contributed by atoms with E-state index in [1.165, 1.54) is 53.5 Å².